The molecule has 0 radical (unpaired) electrons. The molecule has 2 N–H and O–H groups in total. The van der Waals surface area contributed by atoms with Crippen LogP contribution in [0.25, 0.3) is 32.2 Å². The molecule has 2 unspecified atom stereocenters. The van der Waals surface area contributed by atoms with Gasteiger partial charge in [0.25, 0.3) is 0 Å². The van der Waals surface area contributed by atoms with E-state index in [4.69, 9.17) is 0 Å². The van der Waals surface area contributed by atoms with Crippen LogP contribution >= 0.6 is 15.4 Å². The molecule has 0 bridgehead atoms. The summed E-state index contributed by atoms with van der Waals surface area (Å²) in [5.74, 6) is 4.48. The molecule has 2 atom stereocenters. The number of fused-ring (bicyclic) bond motifs is 2. The van der Waals surface area contributed by atoms with Crippen molar-refractivity contribution in [1.29, 1.82) is 0 Å². The summed E-state index contributed by atoms with van der Waals surface area (Å²) in [6.45, 7) is 0. The molecule has 2 nitrogen and oxygen atoms in total. The molecule has 0 aliphatic heterocycles. The molecule has 0 amide bonds. The van der Waals surface area contributed by atoms with Gasteiger partial charge in [-0.25, -0.2) is 9.49 Å². The van der Waals surface area contributed by atoms with Crippen molar-refractivity contribution in [2.45, 2.75) is 0 Å². The Morgan fingerprint density at radius 1 is 0.581 bits per heavy atom. The van der Waals surface area contributed by atoms with Gasteiger partial charge in [0, 0.05) is 23.7 Å². The zero-order valence-electron chi connectivity index (χ0n) is 16.5. The molecular formula is C24H20Cl2N2P2Zr+2. The molecule has 0 saturated carbocycles. The van der Waals surface area contributed by atoms with E-state index in [9.17, 15) is 0 Å². The summed E-state index contributed by atoms with van der Waals surface area (Å²) in [5, 5.41) is 8.18. The molecule has 6 rings (SSSR count). The first-order chi connectivity index (χ1) is 13.9. The molecule has 6 aromatic rings. The van der Waals surface area contributed by atoms with Gasteiger partial charge in [0.05, 0.1) is 0 Å². The van der Waals surface area contributed by atoms with Gasteiger partial charge in [-0.05, 0) is 10.6 Å². The summed E-state index contributed by atoms with van der Waals surface area (Å²) in [7, 11) is -0.546. The number of hydrogen-bond acceptors (Lipinski definition) is 0. The zero-order chi connectivity index (χ0) is 18.8. The average molecular weight is 561 g/mol. The predicted molar refractivity (Wildman–Crippen MR) is 120 cm³/mol. The number of hydrogen-bond donors (Lipinski definition) is 0. The number of aromatic nitrogens is 2. The fraction of sp³-hybridized carbons (Fsp3) is 0. The number of aromatic amines is 2. The Hall–Kier alpha value is -1.46. The monoisotopic (exact) mass is 558 g/mol. The van der Waals surface area contributed by atoms with E-state index >= 15 is 0 Å². The van der Waals surface area contributed by atoms with E-state index in [0.717, 1.165) is 0 Å². The first-order valence-electron chi connectivity index (χ1n) is 9.29. The largest absolute Gasteiger partial charge is 4.00 e. The van der Waals surface area contributed by atoms with Gasteiger partial charge < -0.3 is 24.8 Å². The van der Waals surface area contributed by atoms with Gasteiger partial charge in [-0.1, -0.05) is 12.1 Å². The molecular weight excluding hydrogens is 540 g/mol. The van der Waals surface area contributed by atoms with Crippen LogP contribution in [0.2, 0.25) is 0 Å². The van der Waals surface area contributed by atoms with Gasteiger partial charge in [0.2, 0.25) is 0 Å². The molecule has 4 aromatic carbocycles. The third kappa shape index (κ3) is 5.87. The summed E-state index contributed by atoms with van der Waals surface area (Å²) in [5.41, 5.74) is 0. The standard InChI is InChI=1S/2C12H9NP.2ClH.Zr/c2*1-2-5-11-9-12(8-10(11)4-1)14-7-3-6-13-14;;;/h2*1-9H;2*1H;/q2*-1;;;+4. The van der Waals surface area contributed by atoms with Gasteiger partial charge in [-0.3, -0.25) is 0 Å². The van der Waals surface area contributed by atoms with Crippen molar-refractivity contribution in [3.05, 3.63) is 109 Å². The number of H-pyrrole nitrogens is 2. The topological polar surface area (TPSA) is 28.3 Å². The molecule has 2 aromatic heterocycles. The second-order valence-corrected chi connectivity index (χ2v) is 10.3. The van der Waals surface area contributed by atoms with E-state index in [1.54, 1.807) is 0 Å². The van der Waals surface area contributed by atoms with E-state index in [-0.39, 0.29) is 66.4 Å². The Morgan fingerprint density at radius 3 is 1.35 bits per heavy atom. The first kappa shape index (κ1) is 25.8. The third-order valence-corrected chi connectivity index (χ3v) is 8.28. The fourth-order valence-electron chi connectivity index (χ4n) is 3.46. The Balaban J connectivity index is 0.000000201. The van der Waals surface area contributed by atoms with Crippen molar-refractivity contribution in [1.82, 2.24) is 0 Å². The van der Waals surface area contributed by atoms with Crippen LogP contribution in [0.3, 0.4) is 0 Å². The molecule has 0 spiro atoms. The van der Waals surface area contributed by atoms with Crippen LogP contribution < -0.4 is 34.3 Å². The molecule has 2 heterocycles. The smallest absolute Gasteiger partial charge is 1.00 e. The van der Waals surface area contributed by atoms with Gasteiger partial charge in [-0.15, -0.1) is 70.1 Å². The van der Waals surface area contributed by atoms with Gasteiger partial charge in [0.15, 0.2) is 12.4 Å². The van der Waals surface area contributed by atoms with Crippen LogP contribution in [0.1, 0.15) is 0 Å². The first-order valence-corrected chi connectivity index (χ1v) is 12.1. The van der Waals surface area contributed by atoms with Crippen molar-refractivity contribution < 1.29 is 60.5 Å². The summed E-state index contributed by atoms with van der Waals surface area (Å²) in [6, 6.07) is 30.3. The van der Waals surface area contributed by atoms with Crippen molar-refractivity contribution in [3.8, 4) is 10.6 Å². The summed E-state index contributed by atoms with van der Waals surface area (Å²) < 4.78 is 6.73. The second-order valence-electron chi connectivity index (χ2n) is 6.70. The summed E-state index contributed by atoms with van der Waals surface area (Å²) in [6.07, 6.45) is 4.03. The Labute approximate surface area is 215 Å². The Kier molecular flexibility index (Phi) is 9.96. The van der Waals surface area contributed by atoms with Gasteiger partial charge >= 0.3 is 26.2 Å². The number of halogens is 2. The SMILES string of the molecule is [Cl-].[Cl-].[Zr+4].c1ccc2[cH-]c(-p3ccc[nH+]3)cc2c1.c1ccc2[cH-]c(-p3ccc[nH+]3)cc2c1. The number of benzene rings is 2. The van der Waals surface area contributed by atoms with Crippen LogP contribution in [0.5, 0.6) is 0 Å². The maximum Gasteiger partial charge on any atom is 4.00 e. The normalized spacial score (nSPS) is 11.0. The minimum absolute atomic E-state index is 0. The maximum atomic E-state index is 3.36. The molecule has 7 heteroatoms. The summed E-state index contributed by atoms with van der Waals surface area (Å²) >= 11 is 0. The van der Waals surface area contributed by atoms with E-state index in [0.29, 0.717) is 0 Å². The Bertz CT molecular complexity index is 1150. The molecule has 0 fully saturated rings. The third-order valence-electron chi connectivity index (χ3n) is 4.85. The van der Waals surface area contributed by atoms with E-state index in [2.05, 4.69) is 106 Å². The van der Waals surface area contributed by atoms with E-state index < -0.39 is 0 Å². The number of rotatable bonds is 2. The minimum atomic E-state index is -0.273. The maximum absolute atomic E-state index is 3.36. The quantitative estimate of drug-likeness (QED) is 0.279. The molecule has 0 aliphatic rings. The van der Waals surface area contributed by atoms with Crippen molar-refractivity contribution >= 4 is 36.9 Å². The second kappa shape index (κ2) is 12.0. The van der Waals surface area contributed by atoms with Crippen LogP contribution in [-0.4, -0.2) is 0 Å². The van der Waals surface area contributed by atoms with Gasteiger partial charge in [-0.2, -0.15) is 12.1 Å². The van der Waals surface area contributed by atoms with Crippen LogP contribution in [0.4, 0.5) is 0 Å². The minimum Gasteiger partial charge on any atom is -1.00 e. The van der Waals surface area contributed by atoms with Crippen molar-refractivity contribution in [2.24, 2.45) is 0 Å². The molecule has 0 saturated heterocycles. The van der Waals surface area contributed by atoms with E-state index in [1.807, 2.05) is 12.4 Å². The van der Waals surface area contributed by atoms with Crippen molar-refractivity contribution in [2.75, 3.05) is 0 Å². The summed E-state index contributed by atoms with van der Waals surface area (Å²) in [4.78, 5) is 0. The van der Waals surface area contributed by atoms with Crippen LogP contribution in [-0.2, 0) is 26.2 Å². The number of nitrogens with one attached hydrogen (secondary N) is 2. The Morgan fingerprint density at radius 2 is 1.00 bits per heavy atom. The fourth-order valence-corrected chi connectivity index (χ4v) is 6.40. The van der Waals surface area contributed by atoms with Crippen LogP contribution in [0, 0.1) is 0 Å². The van der Waals surface area contributed by atoms with Crippen molar-refractivity contribution in [3.63, 3.8) is 0 Å². The molecule has 152 valence electrons. The predicted octanol–water partition coefficient (Wildman–Crippen LogP) is 0.703. The van der Waals surface area contributed by atoms with Crippen LogP contribution in [0.15, 0.2) is 109 Å². The molecule has 31 heavy (non-hydrogen) atoms. The average Bonchev–Trinajstić information content (AvgIpc) is 3.54. The van der Waals surface area contributed by atoms with E-state index in [1.165, 1.54) is 32.2 Å². The van der Waals surface area contributed by atoms with Gasteiger partial charge in [0.1, 0.15) is 15.4 Å². The molecule has 0 aliphatic carbocycles. The zero-order valence-corrected chi connectivity index (χ0v) is 22.3.